The third-order valence-corrected chi connectivity index (χ3v) is 2.92. The second-order valence-electron chi connectivity index (χ2n) is 4.41. The van der Waals surface area contributed by atoms with Crippen molar-refractivity contribution < 1.29 is 19.5 Å². The summed E-state index contributed by atoms with van der Waals surface area (Å²) in [6.07, 6.45) is 2.63. The predicted octanol–water partition coefficient (Wildman–Crippen LogP) is -1.04. The number of hydrogen-bond donors (Lipinski definition) is 4. The van der Waals surface area contributed by atoms with E-state index < -0.39 is 17.9 Å². The molecular weight excluding hydrogens is 238 g/mol. The van der Waals surface area contributed by atoms with E-state index in [9.17, 15) is 14.4 Å². The summed E-state index contributed by atoms with van der Waals surface area (Å²) in [6, 6.07) is -1.40. The maximum Gasteiger partial charge on any atom is 0.326 e. The highest BCUT2D eigenvalue weighted by Crippen LogP contribution is 2.08. The number of aliphatic carboxylic acids is 1. The molecule has 2 atom stereocenters. The molecule has 0 saturated carbocycles. The lowest BCUT2D eigenvalue weighted by Crippen LogP contribution is -2.51. The smallest absolute Gasteiger partial charge is 0.326 e. The number of nitrogens with one attached hydrogen (secondary N) is 2. The van der Waals surface area contributed by atoms with E-state index in [4.69, 9.17) is 10.8 Å². The molecule has 0 radical (unpaired) electrons. The summed E-state index contributed by atoms with van der Waals surface area (Å²) >= 11 is 0. The van der Waals surface area contributed by atoms with Gasteiger partial charge in [-0.3, -0.25) is 9.59 Å². The summed E-state index contributed by atoms with van der Waals surface area (Å²) in [5, 5.41) is 14.4. The normalized spacial score (nSPS) is 21.0. The van der Waals surface area contributed by atoms with E-state index >= 15 is 0 Å². The number of carbonyl (C=O) groups is 3. The monoisotopic (exact) mass is 257 g/mol. The maximum atomic E-state index is 11.8. The summed E-state index contributed by atoms with van der Waals surface area (Å²) in [4.78, 5) is 33.4. The lowest BCUT2D eigenvalue weighted by Gasteiger charge is -2.24. The minimum Gasteiger partial charge on any atom is -0.480 e. The first-order chi connectivity index (χ1) is 8.50. The molecule has 0 unspecified atom stereocenters. The number of amides is 2. The number of piperidine rings is 1. The number of carbonyl (C=O) groups excluding carboxylic acids is 2. The Balaban J connectivity index is 2.46. The zero-order chi connectivity index (χ0) is 13.5. The molecule has 7 heteroatoms. The first-order valence-corrected chi connectivity index (χ1v) is 6.05. The van der Waals surface area contributed by atoms with Crippen LogP contribution in [-0.4, -0.2) is 41.5 Å². The van der Waals surface area contributed by atoms with Crippen molar-refractivity contribution in [3.8, 4) is 0 Å². The molecule has 102 valence electrons. The molecule has 1 saturated heterocycles. The summed E-state index contributed by atoms with van der Waals surface area (Å²) in [5.74, 6) is -2.06. The molecule has 0 spiro atoms. The molecule has 18 heavy (non-hydrogen) atoms. The number of rotatable bonds is 6. The number of carboxylic acid groups (broad SMARTS) is 1. The molecule has 0 aromatic carbocycles. The van der Waals surface area contributed by atoms with Crippen LogP contribution in [0.5, 0.6) is 0 Å². The first kappa shape index (κ1) is 14.4. The van der Waals surface area contributed by atoms with E-state index in [2.05, 4.69) is 10.6 Å². The molecule has 1 aliphatic rings. The first-order valence-electron chi connectivity index (χ1n) is 6.05. The van der Waals surface area contributed by atoms with Crippen LogP contribution in [0.3, 0.4) is 0 Å². The second kappa shape index (κ2) is 6.95. The Hall–Kier alpha value is -1.63. The van der Waals surface area contributed by atoms with Gasteiger partial charge in [-0.2, -0.15) is 0 Å². The largest absolute Gasteiger partial charge is 0.480 e. The van der Waals surface area contributed by atoms with E-state index in [0.29, 0.717) is 6.42 Å². The summed E-state index contributed by atoms with van der Waals surface area (Å²) in [6.45, 7) is 0.761. The zero-order valence-corrected chi connectivity index (χ0v) is 10.1. The van der Waals surface area contributed by atoms with Crippen LogP contribution in [0.15, 0.2) is 0 Å². The van der Waals surface area contributed by atoms with Gasteiger partial charge in [0.1, 0.15) is 6.04 Å². The summed E-state index contributed by atoms with van der Waals surface area (Å²) in [7, 11) is 0. The summed E-state index contributed by atoms with van der Waals surface area (Å²) < 4.78 is 0. The Morgan fingerprint density at radius 2 is 2.11 bits per heavy atom. The number of nitrogens with two attached hydrogens (primary N) is 1. The van der Waals surface area contributed by atoms with Crippen LogP contribution < -0.4 is 16.4 Å². The zero-order valence-electron chi connectivity index (χ0n) is 10.1. The molecule has 1 rings (SSSR count). The third kappa shape index (κ3) is 4.70. The Kier molecular flexibility index (Phi) is 5.57. The van der Waals surface area contributed by atoms with Gasteiger partial charge < -0.3 is 21.5 Å². The highest BCUT2D eigenvalue weighted by Gasteiger charge is 2.26. The molecule has 7 nitrogen and oxygen atoms in total. The Labute approximate surface area is 105 Å². The number of primary amides is 1. The minimum absolute atomic E-state index is 0.0170. The molecule has 0 bridgehead atoms. The van der Waals surface area contributed by atoms with E-state index in [1.54, 1.807) is 0 Å². The van der Waals surface area contributed by atoms with Gasteiger partial charge in [0, 0.05) is 6.42 Å². The standard InChI is InChI=1S/C11H19N3O4/c12-9(15)5-4-8(11(17)18)14-10(16)7-3-1-2-6-13-7/h7-8,13H,1-6H2,(H2,12,15)(H,14,16)(H,17,18)/t7-,8-/m0/s1. The van der Waals surface area contributed by atoms with E-state index in [1.807, 2.05) is 0 Å². The van der Waals surface area contributed by atoms with Gasteiger partial charge in [-0.05, 0) is 25.8 Å². The highest BCUT2D eigenvalue weighted by molar-refractivity contribution is 5.87. The molecule has 1 fully saturated rings. The molecule has 5 N–H and O–H groups in total. The molecule has 0 aromatic rings. The Morgan fingerprint density at radius 1 is 1.39 bits per heavy atom. The van der Waals surface area contributed by atoms with Crippen molar-refractivity contribution in [2.75, 3.05) is 6.54 Å². The van der Waals surface area contributed by atoms with Gasteiger partial charge >= 0.3 is 5.97 Å². The van der Waals surface area contributed by atoms with Crippen LogP contribution in [0.25, 0.3) is 0 Å². The lowest BCUT2D eigenvalue weighted by atomic mass is 10.0. The lowest BCUT2D eigenvalue weighted by molar-refractivity contribution is -0.142. The Bertz CT molecular complexity index is 326. The van der Waals surface area contributed by atoms with Crippen molar-refractivity contribution in [3.63, 3.8) is 0 Å². The molecule has 2 amide bonds. The van der Waals surface area contributed by atoms with Gasteiger partial charge in [-0.1, -0.05) is 6.42 Å². The van der Waals surface area contributed by atoms with Crippen molar-refractivity contribution in [1.82, 2.24) is 10.6 Å². The fraction of sp³-hybridized carbons (Fsp3) is 0.727. The van der Waals surface area contributed by atoms with Crippen molar-refractivity contribution in [3.05, 3.63) is 0 Å². The van der Waals surface area contributed by atoms with E-state index in [1.165, 1.54) is 0 Å². The quantitative estimate of drug-likeness (QED) is 0.484. The SMILES string of the molecule is NC(=O)CC[C@H](NC(=O)[C@@H]1CCCCN1)C(=O)O. The van der Waals surface area contributed by atoms with E-state index in [-0.39, 0.29) is 24.8 Å². The van der Waals surface area contributed by atoms with Gasteiger partial charge in [0.2, 0.25) is 11.8 Å². The van der Waals surface area contributed by atoms with Crippen LogP contribution in [-0.2, 0) is 14.4 Å². The predicted molar refractivity (Wildman–Crippen MR) is 63.6 cm³/mol. The third-order valence-electron chi connectivity index (χ3n) is 2.92. The van der Waals surface area contributed by atoms with Crippen molar-refractivity contribution in [2.24, 2.45) is 5.73 Å². The number of carboxylic acids is 1. The number of hydrogen-bond acceptors (Lipinski definition) is 4. The van der Waals surface area contributed by atoms with Gasteiger partial charge in [-0.25, -0.2) is 4.79 Å². The maximum absolute atomic E-state index is 11.8. The van der Waals surface area contributed by atoms with Gasteiger partial charge in [0.05, 0.1) is 6.04 Å². The van der Waals surface area contributed by atoms with Gasteiger partial charge in [-0.15, -0.1) is 0 Å². The fourth-order valence-corrected chi connectivity index (χ4v) is 1.89. The molecular formula is C11H19N3O4. The van der Waals surface area contributed by atoms with Crippen molar-refractivity contribution >= 4 is 17.8 Å². The van der Waals surface area contributed by atoms with Crippen LogP contribution in [0.2, 0.25) is 0 Å². The van der Waals surface area contributed by atoms with Crippen LogP contribution in [0.1, 0.15) is 32.1 Å². The van der Waals surface area contributed by atoms with E-state index in [0.717, 1.165) is 19.4 Å². The fourth-order valence-electron chi connectivity index (χ4n) is 1.89. The van der Waals surface area contributed by atoms with Crippen LogP contribution >= 0.6 is 0 Å². The van der Waals surface area contributed by atoms with Crippen LogP contribution in [0.4, 0.5) is 0 Å². The highest BCUT2D eigenvalue weighted by atomic mass is 16.4. The van der Waals surface area contributed by atoms with Crippen molar-refractivity contribution in [1.29, 1.82) is 0 Å². The second-order valence-corrected chi connectivity index (χ2v) is 4.41. The summed E-state index contributed by atoms with van der Waals surface area (Å²) in [5.41, 5.74) is 4.96. The molecule has 0 aromatic heterocycles. The van der Waals surface area contributed by atoms with Crippen LogP contribution in [0, 0.1) is 0 Å². The van der Waals surface area contributed by atoms with Gasteiger partial charge in [0.15, 0.2) is 0 Å². The average Bonchev–Trinajstić information content (AvgIpc) is 2.34. The Morgan fingerprint density at radius 3 is 2.61 bits per heavy atom. The topological polar surface area (TPSA) is 122 Å². The van der Waals surface area contributed by atoms with Gasteiger partial charge in [0.25, 0.3) is 0 Å². The minimum atomic E-state index is -1.15. The molecule has 1 heterocycles. The molecule has 1 aliphatic heterocycles. The molecule has 0 aliphatic carbocycles. The average molecular weight is 257 g/mol. The van der Waals surface area contributed by atoms with Crippen molar-refractivity contribution in [2.45, 2.75) is 44.2 Å².